The molecule has 0 aliphatic rings. The van der Waals surface area contributed by atoms with E-state index in [1.54, 1.807) is 48.5 Å². The number of ether oxygens (including phenoxy) is 2. The van der Waals surface area contributed by atoms with E-state index in [9.17, 15) is 9.59 Å². The zero-order chi connectivity index (χ0) is 21.3. The van der Waals surface area contributed by atoms with Crippen LogP contribution in [0.25, 0.3) is 0 Å². The lowest BCUT2D eigenvalue weighted by molar-refractivity contribution is -0.123. The van der Waals surface area contributed by atoms with E-state index in [0.717, 1.165) is 5.56 Å². The van der Waals surface area contributed by atoms with Crippen LogP contribution >= 0.6 is 0 Å². The van der Waals surface area contributed by atoms with Crippen LogP contribution in [0.3, 0.4) is 0 Å². The van der Waals surface area contributed by atoms with Gasteiger partial charge in [-0.2, -0.15) is 5.26 Å². The number of esters is 1. The van der Waals surface area contributed by atoms with Gasteiger partial charge in [0.15, 0.2) is 6.10 Å². The van der Waals surface area contributed by atoms with Crippen molar-refractivity contribution < 1.29 is 19.1 Å². The van der Waals surface area contributed by atoms with Gasteiger partial charge in [0.25, 0.3) is 5.91 Å². The highest BCUT2D eigenvalue weighted by Gasteiger charge is 2.21. The van der Waals surface area contributed by atoms with Gasteiger partial charge in [0.2, 0.25) is 0 Å². The number of benzene rings is 3. The summed E-state index contributed by atoms with van der Waals surface area (Å²) in [5.74, 6) is -0.747. The number of nitrogens with one attached hydrogen (secondary N) is 1. The van der Waals surface area contributed by atoms with E-state index in [1.807, 2.05) is 36.4 Å². The molecule has 0 bridgehead atoms. The molecule has 0 aromatic heterocycles. The lowest BCUT2D eigenvalue weighted by Crippen LogP contribution is -2.30. The van der Waals surface area contributed by atoms with Gasteiger partial charge in [-0.1, -0.05) is 42.5 Å². The number of nitriles is 1. The minimum Gasteiger partial charge on any atom is -0.488 e. The minimum absolute atomic E-state index is 0.242. The zero-order valence-electron chi connectivity index (χ0n) is 16.4. The second kappa shape index (κ2) is 9.89. The van der Waals surface area contributed by atoms with Crippen molar-refractivity contribution in [2.24, 2.45) is 0 Å². The van der Waals surface area contributed by atoms with Gasteiger partial charge in [-0.15, -0.1) is 0 Å². The molecule has 0 aliphatic heterocycles. The Bertz CT molecular complexity index is 1060. The number of rotatable bonds is 7. The molecule has 0 saturated carbocycles. The average Bonchev–Trinajstić information content (AvgIpc) is 2.79. The van der Waals surface area contributed by atoms with E-state index in [0.29, 0.717) is 23.6 Å². The molecule has 3 rings (SSSR count). The quantitative estimate of drug-likeness (QED) is 0.597. The number of carbonyl (C=O) groups excluding carboxylic acids is 2. The summed E-state index contributed by atoms with van der Waals surface area (Å²) < 4.78 is 11.1. The van der Waals surface area contributed by atoms with E-state index < -0.39 is 18.0 Å². The van der Waals surface area contributed by atoms with E-state index in [2.05, 4.69) is 5.32 Å². The molecule has 0 unspecified atom stereocenters. The fourth-order valence-electron chi connectivity index (χ4n) is 2.65. The largest absolute Gasteiger partial charge is 0.488 e. The van der Waals surface area contributed by atoms with Crippen LogP contribution in [0.5, 0.6) is 5.75 Å². The van der Waals surface area contributed by atoms with E-state index in [1.165, 1.54) is 6.92 Å². The second-order valence-electron chi connectivity index (χ2n) is 6.50. The Kier molecular flexibility index (Phi) is 6.80. The predicted octanol–water partition coefficient (Wildman–Crippen LogP) is 4.32. The summed E-state index contributed by atoms with van der Waals surface area (Å²) in [5.41, 5.74) is 2.20. The molecular weight excluding hydrogens is 380 g/mol. The van der Waals surface area contributed by atoms with Gasteiger partial charge in [-0.05, 0) is 48.9 Å². The molecule has 0 saturated heterocycles. The van der Waals surface area contributed by atoms with Crippen molar-refractivity contribution in [1.29, 1.82) is 5.26 Å². The van der Waals surface area contributed by atoms with Crippen LogP contribution < -0.4 is 10.1 Å². The van der Waals surface area contributed by atoms with Crippen LogP contribution in [0.2, 0.25) is 0 Å². The smallest absolute Gasteiger partial charge is 0.342 e. The number of hydrogen-bond donors (Lipinski definition) is 1. The molecule has 1 N–H and O–H groups in total. The van der Waals surface area contributed by atoms with Crippen molar-refractivity contribution in [3.8, 4) is 11.8 Å². The molecule has 1 amide bonds. The molecule has 6 heteroatoms. The van der Waals surface area contributed by atoms with Crippen LogP contribution in [-0.4, -0.2) is 18.0 Å². The number of para-hydroxylation sites is 1. The van der Waals surface area contributed by atoms with Gasteiger partial charge in [0, 0.05) is 5.69 Å². The molecule has 3 aromatic carbocycles. The first-order valence-corrected chi connectivity index (χ1v) is 9.34. The van der Waals surface area contributed by atoms with Crippen LogP contribution in [0, 0.1) is 11.3 Å². The van der Waals surface area contributed by atoms with E-state index in [-0.39, 0.29) is 5.56 Å². The Hall–Kier alpha value is -4.11. The molecule has 0 heterocycles. The van der Waals surface area contributed by atoms with Crippen molar-refractivity contribution >= 4 is 17.6 Å². The van der Waals surface area contributed by atoms with Crippen molar-refractivity contribution in [1.82, 2.24) is 0 Å². The van der Waals surface area contributed by atoms with E-state index in [4.69, 9.17) is 14.7 Å². The Morgan fingerprint density at radius 3 is 2.33 bits per heavy atom. The summed E-state index contributed by atoms with van der Waals surface area (Å²) >= 11 is 0. The Labute approximate surface area is 174 Å². The molecular formula is C24H20N2O4. The molecule has 6 nitrogen and oxygen atoms in total. The summed E-state index contributed by atoms with van der Waals surface area (Å²) in [7, 11) is 0. The second-order valence-corrected chi connectivity index (χ2v) is 6.50. The summed E-state index contributed by atoms with van der Waals surface area (Å²) in [4.78, 5) is 25.0. The molecule has 0 fully saturated rings. The van der Waals surface area contributed by atoms with Crippen LogP contribution in [0.15, 0.2) is 78.9 Å². The molecule has 30 heavy (non-hydrogen) atoms. The normalized spacial score (nSPS) is 11.1. The standard InChI is InChI=1S/C24H20N2O4/c1-17(23(27)26-20-13-11-18(15-25)12-14-20)30-24(28)21-9-5-6-10-22(21)29-16-19-7-3-2-4-8-19/h2-14,17H,16H2,1H3,(H,26,27)/t17-/m0/s1. The highest BCUT2D eigenvalue weighted by Crippen LogP contribution is 2.21. The maximum Gasteiger partial charge on any atom is 0.342 e. The molecule has 0 spiro atoms. The number of nitrogens with zero attached hydrogens (tertiary/aromatic N) is 1. The van der Waals surface area contributed by atoms with Gasteiger partial charge >= 0.3 is 5.97 Å². The maximum atomic E-state index is 12.6. The summed E-state index contributed by atoms with van der Waals surface area (Å²) in [6, 6.07) is 24.7. The van der Waals surface area contributed by atoms with Gasteiger partial charge in [0.05, 0.1) is 11.6 Å². The van der Waals surface area contributed by atoms with Crippen molar-refractivity contribution in [2.75, 3.05) is 5.32 Å². The van der Waals surface area contributed by atoms with Gasteiger partial charge in [-0.25, -0.2) is 4.79 Å². The van der Waals surface area contributed by atoms with Crippen molar-refractivity contribution in [3.63, 3.8) is 0 Å². The van der Waals surface area contributed by atoms with Crippen LogP contribution in [0.4, 0.5) is 5.69 Å². The highest BCUT2D eigenvalue weighted by atomic mass is 16.5. The minimum atomic E-state index is -1.02. The van der Waals surface area contributed by atoms with Crippen molar-refractivity contribution in [3.05, 3.63) is 95.6 Å². The third-order valence-corrected chi connectivity index (χ3v) is 4.28. The number of amides is 1. The lowest BCUT2D eigenvalue weighted by Gasteiger charge is -2.15. The number of hydrogen-bond acceptors (Lipinski definition) is 5. The van der Waals surface area contributed by atoms with E-state index >= 15 is 0 Å². The summed E-state index contributed by atoms with van der Waals surface area (Å²) in [5, 5.41) is 11.5. The maximum absolute atomic E-state index is 12.6. The summed E-state index contributed by atoms with van der Waals surface area (Å²) in [6.45, 7) is 1.80. The number of carbonyl (C=O) groups is 2. The molecule has 0 aliphatic carbocycles. The zero-order valence-corrected chi connectivity index (χ0v) is 16.4. The molecule has 150 valence electrons. The SMILES string of the molecule is C[C@H](OC(=O)c1ccccc1OCc1ccccc1)C(=O)Nc1ccc(C#N)cc1. The van der Waals surface area contributed by atoms with Crippen molar-refractivity contribution in [2.45, 2.75) is 19.6 Å². The Morgan fingerprint density at radius 1 is 0.967 bits per heavy atom. The monoisotopic (exact) mass is 400 g/mol. The third-order valence-electron chi connectivity index (χ3n) is 4.28. The molecule has 3 aromatic rings. The highest BCUT2D eigenvalue weighted by molar-refractivity contribution is 5.98. The molecule has 1 atom stereocenters. The first kappa shape index (κ1) is 20.6. The van der Waals surface area contributed by atoms with Crippen LogP contribution in [-0.2, 0) is 16.1 Å². The summed E-state index contributed by atoms with van der Waals surface area (Å²) in [6.07, 6.45) is -1.02. The first-order chi connectivity index (χ1) is 14.6. The van der Waals surface area contributed by atoms with Gasteiger partial charge in [-0.3, -0.25) is 4.79 Å². The Balaban J connectivity index is 1.61. The fraction of sp³-hybridized carbons (Fsp3) is 0.125. The third kappa shape index (κ3) is 5.46. The number of anilines is 1. The first-order valence-electron chi connectivity index (χ1n) is 9.34. The molecule has 0 radical (unpaired) electrons. The fourth-order valence-corrected chi connectivity index (χ4v) is 2.65. The Morgan fingerprint density at radius 2 is 1.63 bits per heavy atom. The predicted molar refractivity (Wildman–Crippen MR) is 112 cm³/mol. The topological polar surface area (TPSA) is 88.4 Å². The van der Waals surface area contributed by atoms with Gasteiger partial charge in [0.1, 0.15) is 17.9 Å². The van der Waals surface area contributed by atoms with Gasteiger partial charge < -0.3 is 14.8 Å². The van der Waals surface area contributed by atoms with Crippen LogP contribution in [0.1, 0.15) is 28.4 Å². The lowest BCUT2D eigenvalue weighted by atomic mass is 10.2. The average molecular weight is 400 g/mol.